The molecule has 0 N–H and O–H groups in total. The van der Waals surface area contributed by atoms with Crippen molar-refractivity contribution in [2.45, 2.75) is 52.4 Å². The molecule has 1 aromatic heterocycles. The summed E-state index contributed by atoms with van der Waals surface area (Å²) >= 11 is 0. The molecule has 4 nitrogen and oxygen atoms in total. The number of rotatable bonds is 3. The van der Waals surface area contributed by atoms with Crippen molar-refractivity contribution >= 4 is 0 Å². The predicted octanol–water partition coefficient (Wildman–Crippen LogP) is 1.99. The molecular weight excluding hydrogens is 224 g/mol. The maximum absolute atomic E-state index is 4.43. The fourth-order valence-corrected chi connectivity index (χ4v) is 2.88. The van der Waals surface area contributed by atoms with E-state index in [1.165, 1.54) is 5.56 Å². The highest BCUT2D eigenvalue weighted by atomic mass is 15.3. The summed E-state index contributed by atoms with van der Waals surface area (Å²) in [7, 11) is 2.21. The van der Waals surface area contributed by atoms with Gasteiger partial charge in [0, 0.05) is 49.5 Å². The molecule has 1 aromatic rings. The van der Waals surface area contributed by atoms with Crippen LogP contribution in [0.15, 0.2) is 12.4 Å². The Morgan fingerprint density at radius 2 is 1.89 bits per heavy atom. The first-order valence-corrected chi connectivity index (χ1v) is 6.94. The van der Waals surface area contributed by atoms with Crippen LogP contribution in [0.5, 0.6) is 0 Å². The van der Waals surface area contributed by atoms with Crippen LogP contribution in [0.25, 0.3) is 0 Å². The summed E-state index contributed by atoms with van der Waals surface area (Å²) < 4.78 is 2.04. The summed E-state index contributed by atoms with van der Waals surface area (Å²) in [5.74, 6) is 0. The molecule has 102 valence electrons. The molecule has 2 rings (SSSR count). The maximum Gasteiger partial charge on any atom is 0.0534 e. The molecule has 18 heavy (non-hydrogen) atoms. The first-order chi connectivity index (χ1) is 8.47. The van der Waals surface area contributed by atoms with Crippen LogP contribution >= 0.6 is 0 Å². The standard InChI is InChI=1S/C14H26N4/c1-11(2)18-10-14(6-15-18)9-17-12(3)7-16(5)8-13(17)4/h6,10-13H,7-9H2,1-5H3/t12-,13-/m1/s1. The van der Waals surface area contributed by atoms with Gasteiger partial charge in [-0.1, -0.05) is 0 Å². The molecule has 2 atom stereocenters. The molecule has 0 unspecified atom stereocenters. The Labute approximate surface area is 111 Å². The second kappa shape index (κ2) is 5.41. The Bertz CT molecular complexity index is 373. The van der Waals surface area contributed by atoms with Gasteiger partial charge < -0.3 is 4.90 Å². The first kappa shape index (κ1) is 13.6. The van der Waals surface area contributed by atoms with E-state index in [0.29, 0.717) is 18.1 Å². The van der Waals surface area contributed by atoms with Crippen LogP contribution in [-0.2, 0) is 6.54 Å². The fourth-order valence-electron chi connectivity index (χ4n) is 2.88. The average molecular weight is 250 g/mol. The maximum atomic E-state index is 4.43. The number of nitrogens with zero attached hydrogens (tertiary/aromatic N) is 4. The minimum absolute atomic E-state index is 0.445. The van der Waals surface area contributed by atoms with E-state index in [9.17, 15) is 0 Å². The van der Waals surface area contributed by atoms with Gasteiger partial charge in [0.05, 0.1) is 6.20 Å². The third kappa shape index (κ3) is 2.93. The lowest BCUT2D eigenvalue weighted by Gasteiger charge is -2.43. The van der Waals surface area contributed by atoms with E-state index in [4.69, 9.17) is 0 Å². The van der Waals surface area contributed by atoms with E-state index in [1.807, 2.05) is 10.9 Å². The van der Waals surface area contributed by atoms with Crippen molar-refractivity contribution in [2.24, 2.45) is 0 Å². The molecule has 1 aliphatic rings. The number of likely N-dealkylation sites (N-methyl/N-ethyl adjacent to an activating group) is 1. The molecular formula is C14H26N4. The molecule has 2 heterocycles. The van der Waals surface area contributed by atoms with Crippen molar-refractivity contribution in [2.75, 3.05) is 20.1 Å². The van der Waals surface area contributed by atoms with Gasteiger partial charge in [0.15, 0.2) is 0 Å². The number of piperazine rings is 1. The molecule has 0 radical (unpaired) electrons. The zero-order chi connectivity index (χ0) is 13.3. The zero-order valence-electron chi connectivity index (χ0n) is 12.3. The largest absolute Gasteiger partial charge is 0.303 e. The summed E-state index contributed by atoms with van der Waals surface area (Å²) in [6.07, 6.45) is 4.19. The Hall–Kier alpha value is -0.870. The minimum Gasteiger partial charge on any atom is -0.303 e. The second-order valence-corrected chi connectivity index (χ2v) is 6.01. The summed E-state index contributed by atoms with van der Waals surface area (Å²) in [6.45, 7) is 12.3. The van der Waals surface area contributed by atoms with Crippen LogP contribution in [0, 0.1) is 0 Å². The van der Waals surface area contributed by atoms with Crippen molar-refractivity contribution in [3.05, 3.63) is 18.0 Å². The van der Waals surface area contributed by atoms with Crippen LogP contribution < -0.4 is 0 Å². The SMILES string of the molecule is CC(C)n1cc(CN2[C@H](C)CN(C)C[C@H]2C)cn1. The van der Waals surface area contributed by atoms with Gasteiger partial charge in [0.25, 0.3) is 0 Å². The van der Waals surface area contributed by atoms with E-state index >= 15 is 0 Å². The van der Waals surface area contributed by atoms with Crippen molar-refractivity contribution in [1.29, 1.82) is 0 Å². The first-order valence-electron chi connectivity index (χ1n) is 6.94. The summed E-state index contributed by atoms with van der Waals surface area (Å²) in [5.41, 5.74) is 1.33. The second-order valence-electron chi connectivity index (χ2n) is 6.01. The van der Waals surface area contributed by atoms with Crippen LogP contribution in [-0.4, -0.2) is 51.8 Å². The zero-order valence-corrected chi connectivity index (χ0v) is 12.3. The van der Waals surface area contributed by atoms with Gasteiger partial charge in [-0.2, -0.15) is 5.10 Å². The van der Waals surface area contributed by atoms with E-state index in [2.05, 4.69) is 55.8 Å². The van der Waals surface area contributed by atoms with E-state index in [-0.39, 0.29) is 0 Å². The lowest BCUT2D eigenvalue weighted by Crippen LogP contribution is -2.54. The highest BCUT2D eigenvalue weighted by molar-refractivity contribution is 5.05. The molecule has 1 aliphatic heterocycles. The molecule has 0 saturated carbocycles. The molecule has 4 heteroatoms. The van der Waals surface area contributed by atoms with Gasteiger partial charge >= 0.3 is 0 Å². The molecule has 0 aliphatic carbocycles. The molecule has 1 saturated heterocycles. The highest BCUT2D eigenvalue weighted by Crippen LogP contribution is 2.18. The molecule has 1 fully saturated rings. The average Bonchev–Trinajstić information content (AvgIpc) is 2.71. The van der Waals surface area contributed by atoms with Crippen LogP contribution in [0.2, 0.25) is 0 Å². The minimum atomic E-state index is 0.445. The van der Waals surface area contributed by atoms with Crippen LogP contribution in [0.3, 0.4) is 0 Å². The number of aromatic nitrogens is 2. The Balaban J connectivity index is 2.03. The van der Waals surface area contributed by atoms with Gasteiger partial charge in [-0.05, 0) is 34.7 Å². The Kier molecular flexibility index (Phi) is 4.07. The third-order valence-electron chi connectivity index (χ3n) is 3.83. The summed E-state index contributed by atoms with van der Waals surface area (Å²) in [5, 5.41) is 4.43. The van der Waals surface area contributed by atoms with Gasteiger partial charge in [0.2, 0.25) is 0 Å². The highest BCUT2D eigenvalue weighted by Gasteiger charge is 2.27. The van der Waals surface area contributed by atoms with Crippen molar-refractivity contribution in [3.8, 4) is 0 Å². The monoisotopic (exact) mass is 250 g/mol. The number of hydrogen-bond donors (Lipinski definition) is 0. The summed E-state index contributed by atoms with van der Waals surface area (Å²) in [6, 6.07) is 1.67. The van der Waals surface area contributed by atoms with Gasteiger partial charge in [-0.25, -0.2) is 0 Å². The van der Waals surface area contributed by atoms with Crippen molar-refractivity contribution in [3.63, 3.8) is 0 Å². The van der Waals surface area contributed by atoms with Crippen LogP contribution in [0.4, 0.5) is 0 Å². The topological polar surface area (TPSA) is 24.3 Å². The van der Waals surface area contributed by atoms with E-state index in [0.717, 1.165) is 19.6 Å². The number of hydrogen-bond acceptors (Lipinski definition) is 3. The Morgan fingerprint density at radius 1 is 1.28 bits per heavy atom. The van der Waals surface area contributed by atoms with Gasteiger partial charge in [-0.3, -0.25) is 9.58 Å². The smallest absolute Gasteiger partial charge is 0.0534 e. The lowest BCUT2D eigenvalue weighted by atomic mass is 10.1. The normalized spacial score (nSPS) is 27.0. The molecule has 0 amide bonds. The molecule has 0 spiro atoms. The third-order valence-corrected chi connectivity index (χ3v) is 3.83. The van der Waals surface area contributed by atoms with Crippen molar-refractivity contribution in [1.82, 2.24) is 19.6 Å². The van der Waals surface area contributed by atoms with Gasteiger partial charge in [-0.15, -0.1) is 0 Å². The van der Waals surface area contributed by atoms with E-state index in [1.54, 1.807) is 0 Å². The van der Waals surface area contributed by atoms with Gasteiger partial charge in [0.1, 0.15) is 0 Å². The Morgan fingerprint density at radius 3 is 2.39 bits per heavy atom. The summed E-state index contributed by atoms with van der Waals surface area (Å²) in [4.78, 5) is 5.01. The lowest BCUT2D eigenvalue weighted by molar-refractivity contribution is 0.0458. The van der Waals surface area contributed by atoms with E-state index < -0.39 is 0 Å². The molecule has 0 aromatic carbocycles. The fraction of sp³-hybridized carbons (Fsp3) is 0.786. The predicted molar refractivity (Wildman–Crippen MR) is 74.6 cm³/mol. The van der Waals surface area contributed by atoms with Crippen molar-refractivity contribution < 1.29 is 0 Å². The molecule has 0 bridgehead atoms. The van der Waals surface area contributed by atoms with Crippen LogP contribution in [0.1, 0.15) is 39.3 Å². The quantitative estimate of drug-likeness (QED) is 0.820.